The molecule has 10 atom stereocenters. The fraction of sp³-hybridized carbons (Fsp3) is 0.714. The van der Waals surface area contributed by atoms with Crippen LogP contribution in [0.25, 0.3) is 0 Å². The van der Waals surface area contributed by atoms with Crippen molar-refractivity contribution in [1.82, 2.24) is 9.44 Å². The largest absolute Gasteiger partial charge is 0.463 e. The smallest absolute Gasteiger partial charge is 0.304 e. The Hall–Kier alpha value is -4.45. The van der Waals surface area contributed by atoms with Crippen LogP contribution in [-0.4, -0.2) is 131 Å². The van der Waals surface area contributed by atoms with Crippen molar-refractivity contribution in [3.05, 3.63) is 0 Å². The Morgan fingerprint density at radius 3 is 0.980 bits per heavy atom. The topological polar surface area (TPSA) is 287 Å². The highest BCUT2D eigenvalue weighted by Gasteiger charge is 2.56. The first-order chi connectivity index (χ1) is 23.6. The molecule has 2 heterocycles. The average molecular weight is 757 g/mol. The minimum Gasteiger partial charge on any atom is -0.463 e. The molecular formula is C28H40N2O20S. The Kier molecular flexibility index (Phi) is 15.7. The lowest BCUT2D eigenvalue weighted by Crippen LogP contribution is -2.70. The minimum absolute atomic E-state index is 0.639. The van der Waals surface area contributed by atoms with Gasteiger partial charge in [-0.15, -0.1) is 0 Å². The van der Waals surface area contributed by atoms with Crippen molar-refractivity contribution >= 4 is 58.0 Å². The molecule has 51 heavy (non-hydrogen) atoms. The van der Waals surface area contributed by atoms with Crippen LogP contribution in [0, 0.1) is 0 Å². The lowest BCUT2D eigenvalue weighted by molar-refractivity contribution is -0.270. The molecule has 0 bridgehead atoms. The van der Waals surface area contributed by atoms with E-state index in [0.717, 1.165) is 55.4 Å². The van der Waals surface area contributed by atoms with Gasteiger partial charge in [-0.3, -0.25) is 38.4 Å². The normalized spacial score (nSPS) is 28.9. The quantitative estimate of drug-likeness (QED) is 0.138. The fourth-order valence-electron chi connectivity index (χ4n) is 4.98. The van der Waals surface area contributed by atoms with Crippen LogP contribution in [-0.2, 0) is 95.9 Å². The van der Waals surface area contributed by atoms with E-state index in [1.54, 1.807) is 0 Å². The van der Waals surface area contributed by atoms with Gasteiger partial charge in [0.1, 0.15) is 37.5 Å². The molecule has 2 aliphatic rings. The highest BCUT2D eigenvalue weighted by atomic mass is 32.2. The van der Waals surface area contributed by atoms with Gasteiger partial charge in [-0.2, -0.15) is 17.9 Å². The van der Waals surface area contributed by atoms with E-state index >= 15 is 0 Å². The summed E-state index contributed by atoms with van der Waals surface area (Å²) in [5.41, 5.74) is 0. The van der Waals surface area contributed by atoms with Crippen molar-refractivity contribution < 1.29 is 94.1 Å². The molecule has 0 spiro atoms. The van der Waals surface area contributed by atoms with Gasteiger partial charge < -0.3 is 47.4 Å². The SMILES string of the molecule is CC(=O)OC[C@H]1O[C@@H](OC(C)=O)[C@H](NS(=O)(=O)N[C@H]2[C@H](OC(C)=O)O[C@H](COC(C)=O)[C@@H](OC(C)=O)[C@@H]2OC(C)=O)[C@@H](OC(C)=O)[C@@H]1OC(C)=O. The van der Waals surface area contributed by atoms with Crippen LogP contribution in [0.1, 0.15) is 55.4 Å². The predicted molar refractivity (Wildman–Crippen MR) is 159 cm³/mol. The summed E-state index contributed by atoms with van der Waals surface area (Å²) >= 11 is 0. The molecule has 2 N–H and O–H groups in total. The molecule has 23 heteroatoms. The van der Waals surface area contributed by atoms with Gasteiger partial charge in [0.05, 0.1) is 0 Å². The summed E-state index contributed by atoms with van der Waals surface area (Å²) in [6.45, 7) is 6.47. The van der Waals surface area contributed by atoms with E-state index < -0.39 is 132 Å². The Morgan fingerprint density at radius 2 is 0.725 bits per heavy atom. The first kappa shape index (κ1) is 42.7. The van der Waals surface area contributed by atoms with E-state index in [1.807, 2.05) is 0 Å². The number of nitrogens with one attached hydrogen (secondary N) is 2. The predicted octanol–water partition coefficient (Wildman–Crippen LogP) is -2.42. The lowest BCUT2D eigenvalue weighted by Gasteiger charge is -2.45. The molecule has 0 aromatic heterocycles. The van der Waals surface area contributed by atoms with E-state index in [9.17, 15) is 46.8 Å². The van der Waals surface area contributed by atoms with E-state index in [4.69, 9.17) is 47.4 Å². The van der Waals surface area contributed by atoms with Gasteiger partial charge in [-0.05, 0) is 0 Å². The molecule has 2 rings (SSSR count). The van der Waals surface area contributed by atoms with Crippen molar-refractivity contribution in [2.24, 2.45) is 0 Å². The first-order valence-corrected chi connectivity index (χ1v) is 16.5. The zero-order valence-electron chi connectivity index (χ0n) is 28.8. The monoisotopic (exact) mass is 756 g/mol. The first-order valence-electron chi connectivity index (χ1n) is 15.0. The third-order valence-electron chi connectivity index (χ3n) is 6.55. The summed E-state index contributed by atoms with van der Waals surface area (Å²) in [6, 6.07) is -3.86. The molecule has 2 saturated heterocycles. The highest BCUT2D eigenvalue weighted by molar-refractivity contribution is 7.87. The summed E-state index contributed by atoms with van der Waals surface area (Å²) < 4.78 is 84.7. The molecule has 0 saturated carbocycles. The van der Waals surface area contributed by atoms with Crippen molar-refractivity contribution in [3.8, 4) is 0 Å². The van der Waals surface area contributed by atoms with Crippen molar-refractivity contribution in [1.29, 1.82) is 0 Å². The lowest BCUT2D eigenvalue weighted by atomic mass is 9.97. The Morgan fingerprint density at radius 1 is 0.451 bits per heavy atom. The second-order valence-electron chi connectivity index (χ2n) is 11.0. The highest BCUT2D eigenvalue weighted by Crippen LogP contribution is 2.31. The number of ether oxygens (including phenoxy) is 10. The van der Waals surface area contributed by atoms with E-state index in [2.05, 4.69) is 9.44 Å². The number of carbonyl (C=O) groups excluding carboxylic acids is 8. The van der Waals surface area contributed by atoms with Gasteiger partial charge in [0, 0.05) is 55.4 Å². The number of carbonyl (C=O) groups is 8. The van der Waals surface area contributed by atoms with Crippen LogP contribution in [0.15, 0.2) is 0 Å². The van der Waals surface area contributed by atoms with Gasteiger partial charge in [-0.1, -0.05) is 0 Å². The molecule has 288 valence electrons. The van der Waals surface area contributed by atoms with Crippen molar-refractivity contribution in [3.63, 3.8) is 0 Å². The Balaban J connectivity index is 2.66. The maximum Gasteiger partial charge on any atom is 0.304 e. The van der Waals surface area contributed by atoms with E-state index in [-0.39, 0.29) is 0 Å². The Labute approximate surface area is 291 Å². The molecule has 0 aromatic carbocycles. The van der Waals surface area contributed by atoms with Crippen LogP contribution < -0.4 is 9.44 Å². The standard InChI is InChI=1S/C28H40N2O20S/c1-11(31)41-9-19-23(43-13(3)33)25(45-15(5)35)21(27(49-19)47-17(7)37)29-51(39,40)30-22-26(46-16(6)36)24(44-14(4)34)20(10-42-12(2)32)50-28(22)48-18(8)38/h19-30H,9-10H2,1-8H3/t19-,20-,21-,22-,23-,24-,25-,26-,27-,28-/m1/s1. The number of hydrogen-bond acceptors (Lipinski definition) is 20. The molecule has 2 aliphatic heterocycles. The summed E-state index contributed by atoms with van der Waals surface area (Å²) in [7, 11) is -5.12. The van der Waals surface area contributed by atoms with Gasteiger partial charge in [0.15, 0.2) is 24.4 Å². The van der Waals surface area contributed by atoms with Crippen LogP contribution in [0.2, 0.25) is 0 Å². The number of rotatable bonds is 14. The molecule has 0 unspecified atom stereocenters. The maximum absolute atomic E-state index is 13.9. The molecule has 0 aromatic rings. The summed E-state index contributed by atoms with van der Waals surface area (Å²) in [5, 5.41) is 0. The number of hydrogen-bond donors (Lipinski definition) is 2. The molecular weight excluding hydrogens is 716 g/mol. The third-order valence-corrected chi connectivity index (χ3v) is 7.71. The van der Waals surface area contributed by atoms with Gasteiger partial charge in [0.25, 0.3) is 10.2 Å². The summed E-state index contributed by atoms with van der Waals surface area (Å²) in [4.78, 5) is 95.9. The van der Waals surface area contributed by atoms with Crippen molar-refractivity contribution in [2.75, 3.05) is 13.2 Å². The molecule has 2 fully saturated rings. The molecule has 0 radical (unpaired) electrons. The van der Waals surface area contributed by atoms with Crippen LogP contribution >= 0.6 is 0 Å². The summed E-state index contributed by atoms with van der Waals surface area (Å²) in [5.74, 6) is -7.65. The fourth-order valence-corrected chi connectivity index (χ4v) is 6.25. The molecule has 22 nitrogen and oxygen atoms in total. The van der Waals surface area contributed by atoms with Gasteiger partial charge >= 0.3 is 47.8 Å². The Bertz CT molecular complexity index is 1350. The number of esters is 8. The van der Waals surface area contributed by atoms with Crippen LogP contribution in [0.3, 0.4) is 0 Å². The second kappa shape index (κ2) is 18.7. The van der Waals surface area contributed by atoms with E-state index in [1.165, 1.54) is 0 Å². The minimum atomic E-state index is -5.12. The van der Waals surface area contributed by atoms with E-state index in [0.29, 0.717) is 0 Å². The zero-order chi connectivity index (χ0) is 38.8. The van der Waals surface area contributed by atoms with Crippen molar-refractivity contribution in [2.45, 2.75) is 117 Å². The summed E-state index contributed by atoms with van der Waals surface area (Å²) in [6.07, 6.45) is -13.9. The van der Waals surface area contributed by atoms with Crippen LogP contribution in [0.4, 0.5) is 0 Å². The third kappa shape index (κ3) is 13.7. The van der Waals surface area contributed by atoms with Gasteiger partial charge in [-0.25, -0.2) is 0 Å². The maximum atomic E-state index is 13.9. The van der Waals surface area contributed by atoms with Gasteiger partial charge in [0.2, 0.25) is 12.6 Å². The average Bonchev–Trinajstić information content (AvgIpc) is 2.95. The zero-order valence-corrected chi connectivity index (χ0v) is 29.6. The molecule has 0 aliphatic carbocycles. The second-order valence-corrected chi connectivity index (χ2v) is 12.5. The van der Waals surface area contributed by atoms with Crippen LogP contribution in [0.5, 0.6) is 0 Å². The molecule has 0 amide bonds.